The maximum absolute atomic E-state index is 13.5. The van der Waals surface area contributed by atoms with Crippen LogP contribution < -0.4 is 25.0 Å². The van der Waals surface area contributed by atoms with Crippen LogP contribution in [-0.2, 0) is 19.1 Å². The van der Waals surface area contributed by atoms with Crippen molar-refractivity contribution in [3.8, 4) is 11.5 Å². The van der Waals surface area contributed by atoms with Gasteiger partial charge in [0.1, 0.15) is 5.60 Å². The highest BCUT2D eigenvalue weighted by atomic mass is 16.5. The average Bonchev–Trinajstić information content (AvgIpc) is 3.47. The van der Waals surface area contributed by atoms with Crippen molar-refractivity contribution in [1.82, 2.24) is 0 Å². The van der Waals surface area contributed by atoms with E-state index < -0.39 is 23.5 Å². The van der Waals surface area contributed by atoms with Gasteiger partial charge in [-0.1, -0.05) is 12.2 Å². The first-order valence-electron chi connectivity index (χ1n) is 10.9. The van der Waals surface area contributed by atoms with Crippen LogP contribution in [0.4, 0.5) is 17.1 Å². The molecule has 3 aliphatic rings. The number of nitrogens with zero attached hydrogens (tertiary/aromatic N) is 1. The Bertz CT molecular complexity index is 1190. The normalized spacial score (nSPS) is 26.4. The molecule has 2 aromatic carbocycles. The molecule has 0 unspecified atom stereocenters. The van der Waals surface area contributed by atoms with Crippen molar-refractivity contribution < 1.29 is 28.6 Å². The van der Waals surface area contributed by atoms with Gasteiger partial charge >= 0.3 is 0 Å². The zero-order chi connectivity index (χ0) is 24.0. The van der Waals surface area contributed by atoms with E-state index in [9.17, 15) is 14.4 Å². The predicted molar refractivity (Wildman–Crippen MR) is 125 cm³/mol. The molecule has 1 spiro atoms. The van der Waals surface area contributed by atoms with E-state index in [0.29, 0.717) is 35.1 Å². The molecule has 34 heavy (non-hydrogen) atoms. The van der Waals surface area contributed by atoms with Gasteiger partial charge in [-0.3, -0.25) is 14.4 Å². The van der Waals surface area contributed by atoms with Gasteiger partial charge in [0.2, 0.25) is 17.7 Å². The van der Waals surface area contributed by atoms with Crippen LogP contribution >= 0.6 is 0 Å². The third-order valence-corrected chi connectivity index (χ3v) is 6.55. The van der Waals surface area contributed by atoms with Gasteiger partial charge in [0.15, 0.2) is 11.5 Å². The Morgan fingerprint density at radius 3 is 2.41 bits per heavy atom. The average molecular weight is 463 g/mol. The van der Waals surface area contributed by atoms with E-state index in [-0.39, 0.29) is 17.7 Å². The number of hydrogen-bond acceptors (Lipinski definition) is 6. The summed E-state index contributed by atoms with van der Waals surface area (Å²) < 4.78 is 16.8. The molecule has 3 aliphatic heterocycles. The van der Waals surface area contributed by atoms with Crippen LogP contribution in [0.5, 0.6) is 11.5 Å². The van der Waals surface area contributed by atoms with E-state index in [4.69, 9.17) is 14.2 Å². The fourth-order valence-corrected chi connectivity index (χ4v) is 5.08. The Hall–Kier alpha value is -3.85. The lowest BCUT2D eigenvalue weighted by Gasteiger charge is -2.23. The van der Waals surface area contributed by atoms with E-state index in [1.54, 1.807) is 54.5 Å². The summed E-state index contributed by atoms with van der Waals surface area (Å²) in [5, 5.41) is 5.62. The summed E-state index contributed by atoms with van der Waals surface area (Å²) in [5.41, 5.74) is 1.03. The maximum Gasteiger partial charge on any atom is 0.234 e. The zero-order valence-corrected chi connectivity index (χ0v) is 19.0. The number of amides is 3. The van der Waals surface area contributed by atoms with E-state index >= 15 is 0 Å². The van der Waals surface area contributed by atoms with Crippen LogP contribution in [0.2, 0.25) is 0 Å². The summed E-state index contributed by atoms with van der Waals surface area (Å²) in [4.78, 5) is 39.8. The summed E-state index contributed by atoms with van der Waals surface area (Å²) in [5.74, 6) is -0.857. The minimum atomic E-state index is -0.836. The highest BCUT2D eigenvalue weighted by molar-refractivity contribution is 6.05. The van der Waals surface area contributed by atoms with E-state index in [1.807, 2.05) is 12.2 Å². The minimum absolute atomic E-state index is 0.161. The lowest BCUT2D eigenvalue weighted by Crippen LogP contribution is -2.41. The molecule has 2 fully saturated rings. The molecule has 2 saturated heterocycles. The number of anilines is 3. The molecule has 0 saturated carbocycles. The molecule has 0 aromatic heterocycles. The molecule has 2 bridgehead atoms. The number of benzene rings is 2. The second-order valence-electron chi connectivity index (χ2n) is 8.61. The van der Waals surface area contributed by atoms with Crippen LogP contribution in [0.1, 0.15) is 6.92 Å². The molecule has 9 heteroatoms. The highest BCUT2D eigenvalue weighted by Crippen LogP contribution is 2.53. The SMILES string of the molecule is COc1ccc(NC(=O)[C@H]2[C@H]3C=C[C@]4(CN(c5ccc(NC(C)=O)cc5)C(=O)[C@@H]24)O3)cc1OC. The molecular weight excluding hydrogens is 438 g/mol. The molecule has 5 rings (SSSR count). The van der Waals surface area contributed by atoms with Crippen LogP contribution in [0, 0.1) is 11.8 Å². The highest BCUT2D eigenvalue weighted by Gasteiger charge is 2.67. The van der Waals surface area contributed by atoms with Crippen molar-refractivity contribution in [3.05, 3.63) is 54.6 Å². The Morgan fingerprint density at radius 2 is 1.74 bits per heavy atom. The summed E-state index contributed by atoms with van der Waals surface area (Å²) >= 11 is 0. The van der Waals surface area contributed by atoms with Gasteiger partial charge in [-0.05, 0) is 36.4 Å². The molecule has 4 atom stereocenters. The van der Waals surface area contributed by atoms with Crippen LogP contribution in [0.15, 0.2) is 54.6 Å². The van der Waals surface area contributed by atoms with Gasteiger partial charge < -0.3 is 29.7 Å². The Morgan fingerprint density at radius 1 is 1.03 bits per heavy atom. The standard InChI is InChI=1S/C25H25N3O6/c1-14(29)26-15-4-7-17(8-5-15)28-13-25-11-10-19(34-25)21(22(25)24(28)31)23(30)27-16-6-9-18(32-2)20(12-16)33-3/h4-12,19,21-22H,13H2,1-3H3,(H,26,29)(H,27,30)/t19-,21+,22-,25-/m1/s1. The number of ether oxygens (including phenoxy) is 3. The topological polar surface area (TPSA) is 106 Å². The quantitative estimate of drug-likeness (QED) is 0.638. The van der Waals surface area contributed by atoms with Crippen LogP contribution in [-0.4, -0.2) is 50.2 Å². The molecule has 176 valence electrons. The third-order valence-electron chi connectivity index (χ3n) is 6.55. The number of methoxy groups -OCH3 is 2. The molecule has 2 aromatic rings. The van der Waals surface area contributed by atoms with Crippen molar-refractivity contribution in [1.29, 1.82) is 0 Å². The van der Waals surface area contributed by atoms with Crippen molar-refractivity contribution in [2.45, 2.75) is 18.6 Å². The summed E-state index contributed by atoms with van der Waals surface area (Å²) in [6, 6.07) is 12.1. The number of carbonyl (C=O) groups excluding carboxylic acids is 3. The first kappa shape index (κ1) is 22.0. The lowest BCUT2D eigenvalue weighted by atomic mass is 9.77. The van der Waals surface area contributed by atoms with E-state index in [1.165, 1.54) is 14.0 Å². The van der Waals surface area contributed by atoms with Gasteiger partial charge in [-0.2, -0.15) is 0 Å². The van der Waals surface area contributed by atoms with Gasteiger partial charge in [-0.25, -0.2) is 0 Å². The van der Waals surface area contributed by atoms with Crippen molar-refractivity contribution in [3.63, 3.8) is 0 Å². The maximum atomic E-state index is 13.5. The fraction of sp³-hybridized carbons (Fsp3) is 0.320. The van der Waals surface area contributed by atoms with Gasteiger partial charge in [0.25, 0.3) is 0 Å². The summed E-state index contributed by atoms with van der Waals surface area (Å²) in [6.45, 7) is 1.76. The molecular formula is C25H25N3O6. The zero-order valence-electron chi connectivity index (χ0n) is 19.0. The predicted octanol–water partition coefficient (Wildman–Crippen LogP) is 2.59. The fourth-order valence-electron chi connectivity index (χ4n) is 5.08. The third kappa shape index (κ3) is 3.49. The van der Waals surface area contributed by atoms with Crippen molar-refractivity contribution in [2.75, 3.05) is 36.3 Å². The lowest BCUT2D eigenvalue weighted by molar-refractivity contribution is -0.128. The van der Waals surface area contributed by atoms with Crippen molar-refractivity contribution >= 4 is 34.8 Å². The van der Waals surface area contributed by atoms with Crippen LogP contribution in [0.25, 0.3) is 0 Å². The molecule has 0 aliphatic carbocycles. The number of hydrogen-bond donors (Lipinski definition) is 2. The number of rotatable bonds is 6. The van der Waals surface area contributed by atoms with E-state index in [2.05, 4.69) is 10.6 Å². The Labute approximate surface area is 196 Å². The van der Waals surface area contributed by atoms with Crippen LogP contribution in [0.3, 0.4) is 0 Å². The molecule has 3 amide bonds. The number of nitrogens with one attached hydrogen (secondary N) is 2. The molecule has 2 N–H and O–H groups in total. The Balaban J connectivity index is 1.37. The van der Waals surface area contributed by atoms with Gasteiger partial charge in [0.05, 0.1) is 38.7 Å². The summed E-state index contributed by atoms with van der Waals surface area (Å²) in [6.07, 6.45) is 3.32. The monoisotopic (exact) mass is 463 g/mol. The first-order chi connectivity index (χ1) is 16.3. The number of carbonyl (C=O) groups is 3. The largest absolute Gasteiger partial charge is 0.493 e. The number of fused-ring (bicyclic) bond motifs is 1. The van der Waals surface area contributed by atoms with Gasteiger partial charge in [0, 0.05) is 30.1 Å². The summed E-state index contributed by atoms with van der Waals surface area (Å²) in [7, 11) is 3.07. The minimum Gasteiger partial charge on any atom is -0.493 e. The molecule has 0 radical (unpaired) electrons. The second-order valence-corrected chi connectivity index (χ2v) is 8.61. The molecule has 3 heterocycles. The Kier molecular flexibility index (Phi) is 5.28. The second kappa shape index (κ2) is 8.18. The first-order valence-corrected chi connectivity index (χ1v) is 10.9. The smallest absolute Gasteiger partial charge is 0.234 e. The van der Waals surface area contributed by atoms with E-state index in [0.717, 1.165) is 0 Å². The van der Waals surface area contributed by atoms with Gasteiger partial charge in [-0.15, -0.1) is 0 Å². The molecule has 9 nitrogen and oxygen atoms in total. The van der Waals surface area contributed by atoms with Crippen molar-refractivity contribution in [2.24, 2.45) is 11.8 Å².